The van der Waals surface area contributed by atoms with Gasteiger partial charge in [0.2, 0.25) is 0 Å². The molecule has 2 fully saturated rings. The van der Waals surface area contributed by atoms with Crippen molar-refractivity contribution in [1.29, 1.82) is 0 Å². The minimum absolute atomic E-state index is 0.151. The zero-order valence-electron chi connectivity index (χ0n) is 11.7. The van der Waals surface area contributed by atoms with E-state index in [0.717, 1.165) is 12.5 Å². The van der Waals surface area contributed by atoms with Gasteiger partial charge in [-0.25, -0.2) is 4.39 Å². The Hall–Kier alpha value is -0.930. The van der Waals surface area contributed by atoms with Crippen molar-refractivity contribution in [3.8, 4) is 0 Å². The molecule has 3 rings (SSSR count). The maximum Gasteiger partial charge on any atom is 0.123 e. The molecule has 0 amide bonds. The Kier molecular flexibility index (Phi) is 3.59. The third-order valence-electron chi connectivity index (χ3n) is 4.86. The number of benzene rings is 1. The Labute approximate surface area is 115 Å². The molecule has 1 aromatic rings. The fourth-order valence-electron chi connectivity index (χ4n) is 3.57. The van der Waals surface area contributed by atoms with E-state index in [9.17, 15) is 4.39 Å². The largest absolute Gasteiger partial charge is 0.317 e. The highest BCUT2D eigenvalue weighted by molar-refractivity contribution is 5.16. The van der Waals surface area contributed by atoms with E-state index in [1.165, 1.54) is 44.5 Å². The lowest BCUT2D eigenvalue weighted by Gasteiger charge is -2.25. The van der Waals surface area contributed by atoms with Crippen molar-refractivity contribution in [2.45, 2.75) is 25.8 Å². The molecule has 3 heteroatoms. The SMILES string of the molecule is CN(Cc1ccc(F)cc1)CC1CC12CCNCC2. The Balaban J connectivity index is 1.49. The fraction of sp³-hybridized carbons (Fsp3) is 0.625. The molecule has 2 nitrogen and oxygen atoms in total. The van der Waals surface area contributed by atoms with Crippen LogP contribution in [0.4, 0.5) is 4.39 Å². The van der Waals surface area contributed by atoms with Crippen molar-refractivity contribution >= 4 is 0 Å². The van der Waals surface area contributed by atoms with Gasteiger partial charge >= 0.3 is 0 Å². The number of piperidine rings is 1. The van der Waals surface area contributed by atoms with Crippen LogP contribution in [-0.4, -0.2) is 31.6 Å². The summed E-state index contributed by atoms with van der Waals surface area (Å²) in [7, 11) is 2.18. The summed E-state index contributed by atoms with van der Waals surface area (Å²) in [6.07, 6.45) is 4.10. The summed E-state index contributed by atoms with van der Waals surface area (Å²) < 4.78 is 12.9. The average Bonchev–Trinajstić information content (AvgIpc) is 3.04. The quantitative estimate of drug-likeness (QED) is 0.897. The van der Waals surface area contributed by atoms with Crippen molar-refractivity contribution in [1.82, 2.24) is 10.2 Å². The second-order valence-electron chi connectivity index (χ2n) is 6.34. The van der Waals surface area contributed by atoms with Gasteiger partial charge in [-0.2, -0.15) is 0 Å². The monoisotopic (exact) mass is 262 g/mol. The molecule has 1 aliphatic carbocycles. The minimum atomic E-state index is -0.151. The summed E-state index contributed by atoms with van der Waals surface area (Å²) in [5, 5.41) is 3.45. The van der Waals surface area contributed by atoms with E-state index in [4.69, 9.17) is 0 Å². The lowest BCUT2D eigenvalue weighted by Crippen LogP contribution is -2.31. The van der Waals surface area contributed by atoms with Crippen LogP contribution in [0.1, 0.15) is 24.8 Å². The molecular formula is C16H23FN2. The summed E-state index contributed by atoms with van der Waals surface area (Å²) >= 11 is 0. The second kappa shape index (κ2) is 5.22. The number of hydrogen-bond acceptors (Lipinski definition) is 2. The molecule has 1 atom stereocenters. The van der Waals surface area contributed by atoms with E-state index < -0.39 is 0 Å². The van der Waals surface area contributed by atoms with Gasteiger partial charge in [-0.15, -0.1) is 0 Å². The van der Waals surface area contributed by atoms with Crippen molar-refractivity contribution in [3.05, 3.63) is 35.6 Å². The third kappa shape index (κ3) is 2.98. The highest BCUT2D eigenvalue weighted by atomic mass is 19.1. The molecule has 0 radical (unpaired) electrons. The summed E-state index contributed by atoms with van der Waals surface area (Å²) in [6, 6.07) is 6.88. The molecular weight excluding hydrogens is 239 g/mol. The van der Waals surface area contributed by atoms with Crippen LogP contribution in [0.25, 0.3) is 0 Å². The highest BCUT2D eigenvalue weighted by Crippen LogP contribution is 2.58. The van der Waals surface area contributed by atoms with Gasteiger partial charge in [0.25, 0.3) is 0 Å². The first-order valence-corrected chi connectivity index (χ1v) is 7.32. The Morgan fingerprint density at radius 1 is 1.26 bits per heavy atom. The van der Waals surface area contributed by atoms with Crippen LogP contribution >= 0.6 is 0 Å². The van der Waals surface area contributed by atoms with Crippen LogP contribution in [0.15, 0.2) is 24.3 Å². The second-order valence-corrected chi connectivity index (χ2v) is 6.34. The molecule has 0 aromatic heterocycles. The van der Waals surface area contributed by atoms with Crippen molar-refractivity contribution in [2.75, 3.05) is 26.7 Å². The third-order valence-corrected chi connectivity index (χ3v) is 4.86. The molecule has 1 spiro atoms. The Morgan fingerprint density at radius 3 is 2.63 bits per heavy atom. The first-order chi connectivity index (χ1) is 9.18. The number of nitrogens with zero attached hydrogens (tertiary/aromatic N) is 1. The predicted molar refractivity (Wildman–Crippen MR) is 75.4 cm³/mol. The van der Waals surface area contributed by atoms with E-state index in [1.807, 2.05) is 12.1 Å². The predicted octanol–water partition coefficient (Wildman–Crippen LogP) is 2.65. The lowest BCUT2D eigenvalue weighted by molar-refractivity contribution is 0.257. The molecule has 1 N–H and O–H groups in total. The van der Waals surface area contributed by atoms with Gasteiger partial charge in [0.15, 0.2) is 0 Å². The van der Waals surface area contributed by atoms with Gasteiger partial charge in [0, 0.05) is 13.1 Å². The number of rotatable bonds is 4. The maximum absolute atomic E-state index is 12.9. The normalized spacial score (nSPS) is 24.9. The molecule has 1 heterocycles. The molecule has 104 valence electrons. The fourth-order valence-corrected chi connectivity index (χ4v) is 3.57. The number of nitrogens with one attached hydrogen (secondary N) is 1. The van der Waals surface area contributed by atoms with E-state index in [-0.39, 0.29) is 5.82 Å². The molecule has 1 aromatic carbocycles. The number of halogens is 1. The summed E-state index contributed by atoms with van der Waals surface area (Å²) in [4.78, 5) is 2.38. The van der Waals surface area contributed by atoms with Crippen molar-refractivity contribution < 1.29 is 4.39 Å². The van der Waals surface area contributed by atoms with Gasteiger partial charge < -0.3 is 10.2 Å². The molecule has 0 bridgehead atoms. The summed E-state index contributed by atoms with van der Waals surface area (Å²) in [5.41, 5.74) is 1.85. The molecule has 1 aliphatic heterocycles. The van der Waals surface area contributed by atoms with E-state index in [2.05, 4.69) is 17.3 Å². The molecule has 1 saturated carbocycles. The highest BCUT2D eigenvalue weighted by Gasteiger charge is 2.53. The van der Waals surface area contributed by atoms with Crippen LogP contribution in [-0.2, 0) is 6.54 Å². The number of hydrogen-bond donors (Lipinski definition) is 1. The zero-order valence-corrected chi connectivity index (χ0v) is 11.7. The first-order valence-electron chi connectivity index (χ1n) is 7.32. The molecule has 19 heavy (non-hydrogen) atoms. The van der Waals surface area contributed by atoms with Crippen molar-refractivity contribution in [3.63, 3.8) is 0 Å². The smallest absolute Gasteiger partial charge is 0.123 e. The average molecular weight is 262 g/mol. The standard InChI is InChI=1S/C16H23FN2/c1-19(11-13-2-4-15(17)5-3-13)12-14-10-16(14)6-8-18-9-7-16/h2-5,14,18H,6-12H2,1H3. The van der Waals surface area contributed by atoms with Gasteiger partial charge in [-0.1, -0.05) is 12.1 Å². The van der Waals surface area contributed by atoms with Crippen LogP contribution in [0.5, 0.6) is 0 Å². The Bertz CT molecular complexity index is 423. The molecule has 1 unspecified atom stereocenters. The van der Waals surface area contributed by atoms with Crippen molar-refractivity contribution in [2.24, 2.45) is 11.3 Å². The van der Waals surface area contributed by atoms with Crippen LogP contribution in [0.2, 0.25) is 0 Å². The zero-order chi connectivity index (χ0) is 13.3. The molecule has 2 aliphatic rings. The van der Waals surface area contributed by atoms with Crippen LogP contribution in [0, 0.1) is 17.2 Å². The summed E-state index contributed by atoms with van der Waals surface area (Å²) in [6.45, 7) is 4.48. The van der Waals surface area contributed by atoms with Gasteiger partial charge in [0.1, 0.15) is 5.82 Å². The van der Waals surface area contributed by atoms with E-state index in [0.29, 0.717) is 5.41 Å². The van der Waals surface area contributed by atoms with E-state index in [1.54, 1.807) is 12.1 Å². The first kappa shape index (κ1) is 13.1. The topological polar surface area (TPSA) is 15.3 Å². The van der Waals surface area contributed by atoms with Gasteiger partial charge in [-0.05, 0) is 68.4 Å². The minimum Gasteiger partial charge on any atom is -0.317 e. The summed E-state index contributed by atoms with van der Waals surface area (Å²) in [5.74, 6) is 0.724. The van der Waals surface area contributed by atoms with Gasteiger partial charge in [0.05, 0.1) is 0 Å². The van der Waals surface area contributed by atoms with E-state index >= 15 is 0 Å². The maximum atomic E-state index is 12.9. The van der Waals surface area contributed by atoms with Crippen LogP contribution in [0.3, 0.4) is 0 Å². The Morgan fingerprint density at radius 2 is 1.95 bits per heavy atom. The lowest BCUT2D eigenvalue weighted by atomic mass is 9.92. The van der Waals surface area contributed by atoms with Crippen LogP contribution < -0.4 is 5.32 Å². The molecule has 1 saturated heterocycles. The van der Waals surface area contributed by atoms with Gasteiger partial charge in [-0.3, -0.25) is 0 Å².